The van der Waals surface area contributed by atoms with Crippen molar-refractivity contribution in [1.29, 1.82) is 0 Å². The van der Waals surface area contributed by atoms with Crippen LogP contribution in [0.3, 0.4) is 0 Å². The largest absolute Gasteiger partial charge is 0.485 e. The van der Waals surface area contributed by atoms with Crippen molar-refractivity contribution in [3.8, 4) is 11.5 Å². The number of benzene rings is 2. The summed E-state index contributed by atoms with van der Waals surface area (Å²) in [6.07, 6.45) is -0.686. The smallest absolute Gasteiger partial charge is 0.273 e. The average molecular weight is 412 g/mol. The maximum absolute atomic E-state index is 13.4. The van der Waals surface area contributed by atoms with Gasteiger partial charge >= 0.3 is 0 Å². The van der Waals surface area contributed by atoms with Crippen molar-refractivity contribution >= 4 is 32.6 Å². The fourth-order valence-electron chi connectivity index (χ4n) is 3.37. The van der Waals surface area contributed by atoms with Gasteiger partial charge in [0, 0.05) is 13.1 Å². The Labute approximate surface area is 174 Å². The number of fused-ring (bicyclic) bond motifs is 2. The first kappa shape index (κ1) is 19.7. The topological polar surface area (TPSA) is 54.9 Å². The molecule has 3 aromatic rings. The maximum Gasteiger partial charge on any atom is 0.273 e. The Balaban J connectivity index is 1.59. The van der Waals surface area contributed by atoms with Crippen molar-refractivity contribution in [2.45, 2.75) is 20.0 Å². The van der Waals surface area contributed by atoms with E-state index < -0.39 is 6.10 Å². The van der Waals surface area contributed by atoms with Crippen molar-refractivity contribution in [3.63, 3.8) is 0 Å². The van der Waals surface area contributed by atoms with E-state index in [2.05, 4.69) is 18.7 Å². The molecule has 29 heavy (non-hydrogen) atoms. The highest BCUT2D eigenvalue weighted by molar-refractivity contribution is 7.22. The number of para-hydroxylation sites is 3. The summed E-state index contributed by atoms with van der Waals surface area (Å²) in [5.41, 5.74) is 0.902. The summed E-state index contributed by atoms with van der Waals surface area (Å²) in [7, 11) is 0. The molecule has 1 aliphatic heterocycles. The first-order valence-corrected chi connectivity index (χ1v) is 10.8. The van der Waals surface area contributed by atoms with Crippen molar-refractivity contribution in [2.75, 3.05) is 37.7 Å². The molecule has 2 heterocycles. The van der Waals surface area contributed by atoms with E-state index in [-0.39, 0.29) is 12.5 Å². The molecule has 1 unspecified atom stereocenters. The van der Waals surface area contributed by atoms with Gasteiger partial charge in [-0.25, -0.2) is 4.98 Å². The first-order valence-electron chi connectivity index (χ1n) is 9.97. The van der Waals surface area contributed by atoms with Crippen LogP contribution in [0.1, 0.15) is 13.8 Å². The molecule has 152 valence electrons. The SMILES string of the molecule is CCN(CC)CCN(C(=O)C1COc2ccccc2O1)c1nc2ccccc2s1. The number of thiazole rings is 1. The molecule has 0 spiro atoms. The van der Waals surface area contributed by atoms with E-state index in [4.69, 9.17) is 14.5 Å². The summed E-state index contributed by atoms with van der Waals surface area (Å²) in [5.74, 6) is 1.15. The minimum absolute atomic E-state index is 0.120. The predicted molar refractivity (Wildman–Crippen MR) is 116 cm³/mol. The van der Waals surface area contributed by atoms with Crippen LogP contribution in [0.25, 0.3) is 10.2 Å². The number of anilines is 1. The zero-order valence-electron chi connectivity index (χ0n) is 16.7. The molecular weight excluding hydrogens is 386 g/mol. The lowest BCUT2D eigenvalue weighted by Crippen LogP contribution is -2.48. The van der Waals surface area contributed by atoms with E-state index >= 15 is 0 Å². The molecule has 1 amide bonds. The highest BCUT2D eigenvalue weighted by atomic mass is 32.1. The van der Waals surface area contributed by atoms with Crippen molar-refractivity contribution < 1.29 is 14.3 Å². The molecule has 0 bridgehead atoms. The zero-order valence-corrected chi connectivity index (χ0v) is 17.5. The monoisotopic (exact) mass is 411 g/mol. The van der Waals surface area contributed by atoms with Crippen LogP contribution in [0.2, 0.25) is 0 Å². The van der Waals surface area contributed by atoms with Crippen molar-refractivity contribution in [3.05, 3.63) is 48.5 Å². The van der Waals surface area contributed by atoms with Crippen molar-refractivity contribution in [1.82, 2.24) is 9.88 Å². The Morgan fingerprint density at radius 3 is 2.55 bits per heavy atom. The van der Waals surface area contributed by atoms with Gasteiger partial charge in [-0.3, -0.25) is 9.69 Å². The molecule has 0 saturated carbocycles. The number of rotatable bonds is 7. The second kappa shape index (κ2) is 8.80. The van der Waals surface area contributed by atoms with Crippen LogP contribution >= 0.6 is 11.3 Å². The Kier molecular flexibility index (Phi) is 5.97. The molecule has 4 rings (SSSR count). The summed E-state index contributed by atoms with van der Waals surface area (Å²) in [6.45, 7) is 7.66. The third-order valence-electron chi connectivity index (χ3n) is 5.10. The van der Waals surface area contributed by atoms with Gasteiger partial charge in [0.1, 0.15) is 6.61 Å². The number of carbonyl (C=O) groups excluding carboxylic acids is 1. The van der Waals surface area contributed by atoms with Gasteiger partial charge in [-0.05, 0) is 37.4 Å². The molecule has 7 heteroatoms. The average Bonchev–Trinajstić information content (AvgIpc) is 3.20. The molecule has 2 aromatic carbocycles. The third kappa shape index (κ3) is 4.21. The van der Waals surface area contributed by atoms with Gasteiger partial charge in [-0.2, -0.15) is 0 Å². The summed E-state index contributed by atoms with van der Waals surface area (Å²) in [4.78, 5) is 22.2. The van der Waals surface area contributed by atoms with Crippen LogP contribution in [0.5, 0.6) is 11.5 Å². The summed E-state index contributed by atoms with van der Waals surface area (Å²) in [6, 6.07) is 15.4. The fourth-order valence-corrected chi connectivity index (χ4v) is 4.37. The van der Waals surface area contributed by atoms with Gasteiger partial charge in [0.05, 0.1) is 10.2 Å². The number of nitrogens with zero attached hydrogens (tertiary/aromatic N) is 3. The zero-order chi connectivity index (χ0) is 20.2. The standard InChI is InChI=1S/C22H25N3O3S/c1-3-24(4-2)13-14-25(22-23-16-9-5-8-12-20(16)29-22)21(26)19-15-27-17-10-6-7-11-18(17)28-19/h5-12,19H,3-4,13-15H2,1-2H3. The molecule has 1 aromatic heterocycles. The lowest BCUT2D eigenvalue weighted by molar-refractivity contribution is -0.127. The number of hydrogen-bond donors (Lipinski definition) is 0. The predicted octanol–water partition coefficient (Wildman–Crippen LogP) is 3.81. The third-order valence-corrected chi connectivity index (χ3v) is 6.16. The van der Waals surface area contributed by atoms with Gasteiger partial charge < -0.3 is 14.4 Å². The molecule has 1 aliphatic rings. The number of likely N-dealkylation sites (N-methyl/N-ethyl adjacent to an activating group) is 1. The van der Waals surface area contributed by atoms with Gasteiger partial charge in [0.2, 0.25) is 6.10 Å². The van der Waals surface area contributed by atoms with Crippen LogP contribution in [0, 0.1) is 0 Å². The van der Waals surface area contributed by atoms with E-state index in [0.29, 0.717) is 23.2 Å². The minimum atomic E-state index is -0.686. The van der Waals surface area contributed by atoms with E-state index in [1.54, 1.807) is 4.90 Å². The Bertz CT molecular complexity index is 953. The molecule has 0 fully saturated rings. The Morgan fingerprint density at radius 1 is 1.07 bits per heavy atom. The fraction of sp³-hybridized carbons (Fsp3) is 0.364. The van der Waals surface area contributed by atoms with E-state index in [1.165, 1.54) is 11.3 Å². The van der Waals surface area contributed by atoms with Gasteiger partial charge in [0.15, 0.2) is 16.6 Å². The number of ether oxygens (including phenoxy) is 2. The summed E-state index contributed by atoms with van der Waals surface area (Å²) < 4.78 is 12.8. The van der Waals surface area contributed by atoms with Gasteiger partial charge in [-0.1, -0.05) is 49.4 Å². The second-order valence-corrected chi connectivity index (χ2v) is 7.85. The van der Waals surface area contributed by atoms with Gasteiger partial charge in [-0.15, -0.1) is 0 Å². The molecule has 1 atom stereocenters. The van der Waals surface area contributed by atoms with Crippen LogP contribution in [-0.4, -0.2) is 54.7 Å². The van der Waals surface area contributed by atoms with Crippen molar-refractivity contribution in [2.24, 2.45) is 0 Å². The summed E-state index contributed by atoms with van der Waals surface area (Å²) in [5, 5.41) is 0.700. The van der Waals surface area contributed by atoms with E-state index in [1.807, 2.05) is 48.5 Å². The van der Waals surface area contributed by atoms with Crippen LogP contribution < -0.4 is 14.4 Å². The lowest BCUT2D eigenvalue weighted by atomic mass is 10.2. The summed E-state index contributed by atoms with van der Waals surface area (Å²) >= 11 is 1.53. The highest BCUT2D eigenvalue weighted by Crippen LogP contribution is 2.33. The first-order chi connectivity index (χ1) is 14.2. The molecule has 0 radical (unpaired) electrons. The molecule has 0 aliphatic carbocycles. The lowest BCUT2D eigenvalue weighted by Gasteiger charge is -2.30. The number of hydrogen-bond acceptors (Lipinski definition) is 6. The minimum Gasteiger partial charge on any atom is -0.485 e. The van der Waals surface area contributed by atoms with Gasteiger partial charge in [0.25, 0.3) is 5.91 Å². The molecule has 6 nitrogen and oxygen atoms in total. The Hall–Kier alpha value is -2.64. The van der Waals surface area contributed by atoms with E-state index in [0.717, 1.165) is 29.9 Å². The molecular formula is C22H25N3O3S. The maximum atomic E-state index is 13.4. The van der Waals surface area contributed by atoms with E-state index in [9.17, 15) is 4.79 Å². The molecule has 0 N–H and O–H groups in total. The second-order valence-electron chi connectivity index (χ2n) is 6.85. The number of carbonyl (C=O) groups is 1. The molecule has 0 saturated heterocycles. The van der Waals surface area contributed by atoms with Crippen LogP contribution in [0.4, 0.5) is 5.13 Å². The number of aromatic nitrogens is 1. The normalized spacial score (nSPS) is 15.6. The van der Waals surface area contributed by atoms with Crippen LogP contribution in [0.15, 0.2) is 48.5 Å². The van der Waals surface area contributed by atoms with Crippen LogP contribution in [-0.2, 0) is 4.79 Å². The highest BCUT2D eigenvalue weighted by Gasteiger charge is 2.33. The quantitative estimate of drug-likeness (QED) is 0.592. The Morgan fingerprint density at radius 2 is 1.79 bits per heavy atom. The number of amides is 1.